The molecule has 15 heteroatoms. The predicted molar refractivity (Wildman–Crippen MR) is 263 cm³/mol. The number of hydrogen-bond acceptors (Lipinski definition) is 10. The number of hydrogen-bond donors (Lipinski definition) is 2. The van der Waals surface area contributed by atoms with Crippen molar-refractivity contribution in [1.82, 2.24) is 4.90 Å². The molecule has 5 saturated carbocycles. The Morgan fingerprint density at radius 2 is 0.892 bits per heavy atom. The number of carbonyl (C=O) groups is 4. The fourth-order valence-electron chi connectivity index (χ4n) is 18.5. The number of anilines is 1. The van der Waals surface area contributed by atoms with Gasteiger partial charge in [0, 0.05) is 17.9 Å². The molecule has 0 aromatic heterocycles. The van der Waals surface area contributed by atoms with Gasteiger partial charge in [-0.05, 0) is 147 Å². The van der Waals surface area contributed by atoms with E-state index in [4.69, 9.17) is 18.9 Å². The Morgan fingerprint density at radius 1 is 0.541 bits per heavy atom. The molecule has 74 heavy (non-hydrogen) atoms. The van der Waals surface area contributed by atoms with Gasteiger partial charge in [-0.2, -0.15) is 13.2 Å². The second-order valence-corrected chi connectivity index (χ2v) is 24.9. The van der Waals surface area contributed by atoms with Gasteiger partial charge < -0.3 is 29.2 Å². The molecule has 394 valence electrons. The van der Waals surface area contributed by atoms with Crippen molar-refractivity contribution in [3.05, 3.63) is 88.5 Å². The summed E-state index contributed by atoms with van der Waals surface area (Å²) in [6.45, 7) is 12.0. The summed E-state index contributed by atoms with van der Waals surface area (Å²) >= 11 is 0. The third-order valence-electron chi connectivity index (χ3n) is 21.6. The summed E-state index contributed by atoms with van der Waals surface area (Å²) in [5.41, 5.74) is -0.763. The minimum Gasteiger partial charge on any atom is -0.508 e. The van der Waals surface area contributed by atoms with Gasteiger partial charge in [0.15, 0.2) is 0 Å². The number of phenolic OH excluding ortho intramolecular Hbond substituents is 2. The van der Waals surface area contributed by atoms with E-state index >= 15 is 13.2 Å². The van der Waals surface area contributed by atoms with E-state index in [1.807, 2.05) is 0 Å². The van der Waals surface area contributed by atoms with Gasteiger partial charge in [0.25, 0.3) is 0 Å². The summed E-state index contributed by atoms with van der Waals surface area (Å²) in [6.07, 6.45) is -2.72. The van der Waals surface area contributed by atoms with Crippen molar-refractivity contribution in [2.75, 3.05) is 11.9 Å². The van der Waals surface area contributed by atoms with Crippen molar-refractivity contribution in [3.63, 3.8) is 0 Å². The average Bonchev–Trinajstić information content (AvgIpc) is 3.84. The Labute approximate surface area is 429 Å². The van der Waals surface area contributed by atoms with Crippen molar-refractivity contribution < 1.29 is 61.5 Å². The first kappa shape index (κ1) is 48.8. The molecule has 3 aromatic carbocycles. The van der Waals surface area contributed by atoms with Gasteiger partial charge in [0.2, 0.25) is 23.6 Å². The summed E-state index contributed by atoms with van der Waals surface area (Å²) in [5.74, 6) is -3.02. The first-order valence-electron chi connectivity index (χ1n) is 27.2. The van der Waals surface area contributed by atoms with Crippen molar-refractivity contribution in [2.45, 2.75) is 164 Å². The minimum atomic E-state index is -4.84. The molecule has 4 aliphatic heterocycles. The molecule has 9 fully saturated rings. The number of fused-ring (bicyclic) bond motifs is 6. The highest BCUT2D eigenvalue weighted by molar-refractivity contribution is 6.22. The lowest BCUT2D eigenvalue weighted by atomic mass is 9.29. The van der Waals surface area contributed by atoms with Crippen LogP contribution in [0.1, 0.15) is 114 Å². The van der Waals surface area contributed by atoms with E-state index in [2.05, 4.69) is 52.0 Å². The Morgan fingerprint density at radius 3 is 1.26 bits per heavy atom. The Kier molecular flexibility index (Phi) is 10.8. The third-order valence-corrected chi connectivity index (χ3v) is 21.6. The van der Waals surface area contributed by atoms with E-state index in [0.29, 0.717) is 12.8 Å². The average molecular weight is 1020 g/mol. The zero-order valence-electron chi connectivity index (χ0n) is 43.0. The molecule has 3 aromatic rings. The summed E-state index contributed by atoms with van der Waals surface area (Å²) in [7, 11) is 1.59. The normalized spacial score (nSPS) is 41.6. The van der Waals surface area contributed by atoms with Crippen LogP contribution in [0.4, 0.5) is 18.9 Å². The van der Waals surface area contributed by atoms with E-state index in [-0.39, 0.29) is 148 Å². The molecule has 2 bridgehead atoms. The lowest BCUT2D eigenvalue weighted by molar-refractivity contribution is -0.298. The zero-order chi connectivity index (χ0) is 52.0. The fourth-order valence-corrected chi connectivity index (χ4v) is 18.5. The Bertz CT molecular complexity index is 2760. The minimum absolute atomic E-state index is 0.119. The van der Waals surface area contributed by atoms with E-state index in [1.54, 1.807) is 7.05 Å². The number of nitrogens with zero attached hydrogens (tertiary/aromatic N) is 2. The molecule has 4 amide bonds. The maximum Gasteiger partial charge on any atom is 0.402 e. The highest BCUT2D eigenvalue weighted by Crippen LogP contribution is 2.76. The van der Waals surface area contributed by atoms with Gasteiger partial charge in [0.1, 0.15) is 16.9 Å². The van der Waals surface area contributed by atoms with Crippen molar-refractivity contribution in [3.8, 4) is 11.5 Å². The van der Waals surface area contributed by atoms with Crippen LogP contribution in [0, 0.1) is 66.1 Å². The van der Waals surface area contributed by atoms with Crippen molar-refractivity contribution in [1.29, 1.82) is 0 Å². The highest BCUT2D eigenvalue weighted by Gasteiger charge is 2.75. The summed E-state index contributed by atoms with van der Waals surface area (Å²) in [5, 5.41) is 21.4. The number of alkyl halides is 3. The summed E-state index contributed by atoms with van der Waals surface area (Å²) in [6, 6.07) is 16.2. The first-order valence-corrected chi connectivity index (χ1v) is 27.2. The van der Waals surface area contributed by atoms with Crippen molar-refractivity contribution in [2.24, 2.45) is 59.2 Å². The molecule has 2 N–H and O–H groups in total. The number of aryl methyl sites for hydroxylation is 1. The Hall–Kier alpha value is -4.83. The van der Waals surface area contributed by atoms with Crippen LogP contribution < -0.4 is 4.90 Å². The molecule has 0 radical (unpaired) electrons. The monoisotopic (exact) mass is 1020 g/mol. The van der Waals surface area contributed by atoms with E-state index < -0.39 is 53.2 Å². The van der Waals surface area contributed by atoms with E-state index in [9.17, 15) is 29.4 Å². The summed E-state index contributed by atoms with van der Waals surface area (Å²) in [4.78, 5) is 57.8. The number of rotatable bonds is 5. The molecule has 19 atom stereocenters. The number of halogens is 3. The molecule has 4 saturated heterocycles. The standard InChI is InChI=1S/C59H67F3N2O10/c1-26(2)57-35-10-8-9-11-36(35)58(27(3)4,38-23-49-48(22-37(38)57)71-44-18-31-32(19-45(44)72-49)53(68)63(7)52(31)67)40-25-51-50(24-39(40)57)73-46-20-33-34(21-47(46)74-51)55(70)64(54(33)69)41-17-30(13-15-43(41)66)56(6,59(60,61)62)29-12-14-42(65)28(5)16-29/h8-17,26-27,31-34,37-40,44-51,65-66H,18-25H2,1-7H3/t31?,32?,33?,34?,37?,38?,39?,40?,44?,45?,46?,47?,48?,49?,50?,51?,56-,57?,58?/m0/s1. The van der Waals surface area contributed by atoms with Gasteiger partial charge in [-0.15, -0.1) is 0 Å². The largest absolute Gasteiger partial charge is 0.508 e. The topological polar surface area (TPSA) is 152 Å². The predicted octanol–water partition coefficient (Wildman–Crippen LogP) is 8.81. The van der Waals surface area contributed by atoms with Crippen LogP contribution in [0.2, 0.25) is 0 Å². The fraction of sp³-hybridized carbons (Fsp3) is 0.627. The van der Waals surface area contributed by atoms with Crippen LogP contribution in [0.15, 0.2) is 60.7 Å². The lowest BCUT2D eigenvalue weighted by Gasteiger charge is -2.76. The van der Waals surface area contributed by atoms with Gasteiger partial charge >= 0.3 is 6.18 Å². The Balaban J connectivity index is 0.807. The molecule has 12 nitrogen and oxygen atoms in total. The maximum absolute atomic E-state index is 15.3. The second kappa shape index (κ2) is 16.3. The SMILES string of the molecule is Cc1cc([C@@](C)(c2ccc(O)c(N3C(=O)C4CC5OC6CC7C(CC6OC5CC4C3=O)C3(C(C)C)c4ccccc4C7(C(C)C)C4CC5OC6CC7C(=O)N(C)C(=O)C7CC6OC5CC43)c2)C(F)(F)F)ccc1O. The van der Waals surface area contributed by atoms with Crippen LogP contribution in [-0.4, -0.2) is 101 Å². The number of benzene rings is 3. The molecule has 14 rings (SSSR count). The van der Waals surface area contributed by atoms with Crippen LogP contribution in [0.5, 0.6) is 11.5 Å². The summed E-state index contributed by atoms with van der Waals surface area (Å²) < 4.78 is 74.5. The second-order valence-electron chi connectivity index (χ2n) is 24.9. The quantitative estimate of drug-likeness (QED) is 0.237. The van der Waals surface area contributed by atoms with Gasteiger partial charge in [-0.3, -0.25) is 24.1 Å². The smallest absolute Gasteiger partial charge is 0.402 e. The van der Waals surface area contributed by atoms with Crippen LogP contribution in [-0.2, 0) is 54.4 Å². The van der Waals surface area contributed by atoms with E-state index in [0.717, 1.165) is 55.7 Å². The van der Waals surface area contributed by atoms with Crippen LogP contribution in [0.25, 0.3) is 0 Å². The highest BCUT2D eigenvalue weighted by atomic mass is 19.4. The molecular weight excluding hydrogens is 954 g/mol. The molecule has 4 heterocycles. The maximum atomic E-state index is 15.3. The molecule has 0 spiro atoms. The number of ether oxygens (including phenoxy) is 4. The lowest BCUT2D eigenvalue weighted by Crippen LogP contribution is -2.76. The number of phenols is 2. The number of likely N-dealkylation sites (tertiary alicyclic amines) is 1. The van der Waals surface area contributed by atoms with Gasteiger partial charge in [-0.25, -0.2) is 4.90 Å². The molecule has 7 aliphatic carbocycles. The molecule has 11 aliphatic rings. The first-order chi connectivity index (χ1) is 35.1. The van der Waals surface area contributed by atoms with Gasteiger partial charge in [0.05, 0.1) is 78.2 Å². The number of imide groups is 2. The molecular formula is C59H67F3N2O10. The van der Waals surface area contributed by atoms with Crippen molar-refractivity contribution >= 4 is 29.3 Å². The molecule has 18 unspecified atom stereocenters. The van der Waals surface area contributed by atoms with Crippen LogP contribution >= 0.6 is 0 Å². The number of carbonyl (C=O) groups excluding carboxylic acids is 4. The zero-order valence-corrected chi connectivity index (χ0v) is 43.0. The van der Waals surface area contributed by atoms with E-state index in [1.165, 1.54) is 41.1 Å². The number of aromatic hydroxyl groups is 2. The van der Waals surface area contributed by atoms with Gasteiger partial charge in [-0.1, -0.05) is 70.2 Å². The third kappa shape index (κ3) is 6.24. The van der Waals surface area contributed by atoms with Crippen LogP contribution in [0.3, 0.4) is 0 Å². The number of amides is 4.